The molecule has 2 amide bonds. The molecule has 0 atom stereocenters. The average Bonchev–Trinajstić information content (AvgIpc) is 3.26. The Kier molecular flexibility index (Phi) is 4.64. The van der Waals surface area contributed by atoms with Crippen LogP contribution in [0.4, 0.5) is 4.79 Å². The fourth-order valence-corrected chi connectivity index (χ4v) is 5.41. The molecular formula is C18H14N2O3S3. The fraction of sp³-hybridized carbons (Fsp3) is 0.167. The van der Waals surface area contributed by atoms with Gasteiger partial charge in [-0.25, -0.2) is 4.98 Å². The number of amides is 2. The summed E-state index contributed by atoms with van der Waals surface area (Å²) in [5.74, 6) is 0.273. The second-order valence-corrected chi connectivity index (χ2v) is 9.13. The van der Waals surface area contributed by atoms with E-state index < -0.39 is 0 Å². The van der Waals surface area contributed by atoms with Crippen molar-refractivity contribution in [3.05, 3.63) is 47.1 Å². The molecule has 1 aliphatic heterocycles. The van der Waals surface area contributed by atoms with Gasteiger partial charge in [0.15, 0.2) is 9.43 Å². The molecule has 3 heterocycles. The third kappa shape index (κ3) is 3.32. The first-order chi connectivity index (χ1) is 12.5. The minimum Gasteiger partial charge on any atom is -0.450 e. The number of carbonyl (C=O) groups excluding carboxylic acids is 2. The van der Waals surface area contributed by atoms with Crippen LogP contribution in [0.1, 0.15) is 19.6 Å². The predicted molar refractivity (Wildman–Crippen MR) is 105 cm³/mol. The minimum atomic E-state index is -0.272. The van der Waals surface area contributed by atoms with Crippen LogP contribution in [0.2, 0.25) is 0 Å². The van der Waals surface area contributed by atoms with E-state index in [4.69, 9.17) is 4.42 Å². The van der Waals surface area contributed by atoms with E-state index in [0.29, 0.717) is 15.8 Å². The van der Waals surface area contributed by atoms with E-state index in [9.17, 15) is 9.59 Å². The van der Waals surface area contributed by atoms with Crippen LogP contribution < -0.4 is 0 Å². The summed E-state index contributed by atoms with van der Waals surface area (Å²) in [4.78, 5) is 30.5. The summed E-state index contributed by atoms with van der Waals surface area (Å²) in [6.07, 6.45) is 1.62. The summed E-state index contributed by atoms with van der Waals surface area (Å²) >= 11 is 3.99. The Labute approximate surface area is 162 Å². The number of para-hydroxylation sites is 1. The largest absolute Gasteiger partial charge is 0.450 e. The molecule has 1 aliphatic rings. The molecule has 132 valence electrons. The zero-order chi connectivity index (χ0) is 18.3. The first kappa shape index (κ1) is 17.4. The second kappa shape index (κ2) is 6.94. The molecule has 0 radical (unpaired) electrons. The van der Waals surface area contributed by atoms with Crippen molar-refractivity contribution >= 4 is 62.3 Å². The second-order valence-electron chi connectivity index (χ2n) is 5.85. The SMILES string of the molecule is CC(C)N1C(=O)S/C(=C\c2ccc(Sc3nc4ccccc4s3)o2)C1=O. The van der Waals surface area contributed by atoms with Gasteiger partial charge in [0, 0.05) is 12.1 Å². The van der Waals surface area contributed by atoms with Crippen LogP contribution in [0, 0.1) is 0 Å². The number of hydrogen-bond acceptors (Lipinski definition) is 7. The highest BCUT2D eigenvalue weighted by Crippen LogP contribution is 2.37. The number of imide groups is 1. The first-order valence-electron chi connectivity index (χ1n) is 7.91. The summed E-state index contributed by atoms with van der Waals surface area (Å²) in [5.41, 5.74) is 0.967. The molecule has 2 aromatic heterocycles. The number of thiazole rings is 1. The van der Waals surface area contributed by atoms with Crippen LogP contribution in [0.5, 0.6) is 0 Å². The van der Waals surface area contributed by atoms with E-state index in [0.717, 1.165) is 26.3 Å². The number of furan rings is 1. The van der Waals surface area contributed by atoms with Gasteiger partial charge in [-0.3, -0.25) is 14.5 Å². The van der Waals surface area contributed by atoms with Crippen molar-refractivity contribution in [1.82, 2.24) is 9.88 Å². The number of fused-ring (bicyclic) bond motifs is 1. The van der Waals surface area contributed by atoms with Crippen molar-refractivity contribution in [2.45, 2.75) is 29.3 Å². The van der Waals surface area contributed by atoms with E-state index >= 15 is 0 Å². The molecule has 0 saturated carbocycles. The Bertz CT molecular complexity index is 1000. The third-order valence-electron chi connectivity index (χ3n) is 3.68. The van der Waals surface area contributed by atoms with Gasteiger partial charge in [0.25, 0.3) is 11.1 Å². The van der Waals surface area contributed by atoms with E-state index in [2.05, 4.69) is 4.98 Å². The van der Waals surface area contributed by atoms with Crippen LogP contribution in [-0.4, -0.2) is 27.1 Å². The van der Waals surface area contributed by atoms with Crippen LogP contribution in [0.25, 0.3) is 16.3 Å². The lowest BCUT2D eigenvalue weighted by atomic mass is 10.3. The summed E-state index contributed by atoms with van der Waals surface area (Å²) < 4.78 is 7.81. The molecule has 0 unspecified atom stereocenters. The zero-order valence-corrected chi connectivity index (χ0v) is 16.4. The molecule has 0 N–H and O–H groups in total. The number of aromatic nitrogens is 1. The van der Waals surface area contributed by atoms with Gasteiger partial charge in [-0.2, -0.15) is 0 Å². The lowest BCUT2D eigenvalue weighted by Gasteiger charge is -2.16. The molecule has 8 heteroatoms. The zero-order valence-electron chi connectivity index (χ0n) is 14.0. The normalized spacial score (nSPS) is 16.6. The Morgan fingerprint density at radius 2 is 2.00 bits per heavy atom. The number of carbonyl (C=O) groups is 2. The van der Waals surface area contributed by atoms with Crippen LogP contribution in [0.3, 0.4) is 0 Å². The van der Waals surface area contributed by atoms with Crippen molar-refractivity contribution < 1.29 is 14.0 Å². The van der Waals surface area contributed by atoms with Gasteiger partial charge in [0.1, 0.15) is 5.76 Å². The van der Waals surface area contributed by atoms with Gasteiger partial charge < -0.3 is 4.42 Å². The van der Waals surface area contributed by atoms with Gasteiger partial charge >= 0.3 is 0 Å². The van der Waals surface area contributed by atoms with E-state index in [1.807, 2.05) is 44.2 Å². The Hall–Kier alpha value is -2.03. The maximum Gasteiger partial charge on any atom is 0.293 e. The highest BCUT2D eigenvalue weighted by atomic mass is 32.2. The molecule has 1 fully saturated rings. The van der Waals surface area contributed by atoms with Gasteiger partial charge in [0.05, 0.1) is 15.1 Å². The summed E-state index contributed by atoms with van der Waals surface area (Å²) in [5, 5.41) is 0.449. The van der Waals surface area contributed by atoms with Crippen molar-refractivity contribution in [2.24, 2.45) is 0 Å². The van der Waals surface area contributed by atoms with Crippen molar-refractivity contribution in [3.8, 4) is 0 Å². The Morgan fingerprint density at radius 1 is 1.19 bits per heavy atom. The summed E-state index contributed by atoms with van der Waals surface area (Å²) in [6, 6.07) is 11.4. The highest BCUT2D eigenvalue weighted by Gasteiger charge is 2.36. The fourth-order valence-electron chi connectivity index (χ4n) is 2.50. The molecule has 0 aliphatic carbocycles. The summed E-state index contributed by atoms with van der Waals surface area (Å²) in [6.45, 7) is 3.64. The quantitative estimate of drug-likeness (QED) is 0.538. The molecule has 1 saturated heterocycles. The number of thioether (sulfide) groups is 1. The van der Waals surface area contributed by atoms with E-state index in [1.54, 1.807) is 23.5 Å². The lowest BCUT2D eigenvalue weighted by molar-refractivity contribution is -0.123. The van der Waals surface area contributed by atoms with Crippen molar-refractivity contribution in [2.75, 3.05) is 0 Å². The number of nitrogens with zero attached hydrogens (tertiary/aromatic N) is 2. The average molecular weight is 403 g/mol. The third-order valence-corrected chi connectivity index (χ3v) is 6.58. The van der Waals surface area contributed by atoms with Crippen molar-refractivity contribution in [3.63, 3.8) is 0 Å². The molecular weight excluding hydrogens is 388 g/mol. The number of rotatable bonds is 4. The van der Waals surface area contributed by atoms with E-state index in [1.165, 1.54) is 16.7 Å². The Morgan fingerprint density at radius 3 is 2.73 bits per heavy atom. The predicted octanol–water partition coefficient (Wildman–Crippen LogP) is 5.49. The lowest BCUT2D eigenvalue weighted by Crippen LogP contribution is -2.34. The summed E-state index contributed by atoms with van der Waals surface area (Å²) in [7, 11) is 0. The van der Waals surface area contributed by atoms with Gasteiger partial charge in [-0.1, -0.05) is 12.1 Å². The molecule has 3 aromatic rings. The number of benzene rings is 1. The molecule has 1 aromatic carbocycles. The van der Waals surface area contributed by atoms with Crippen LogP contribution in [0.15, 0.2) is 55.2 Å². The van der Waals surface area contributed by atoms with Gasteiger partial charge in [-0.05, 0) is 61.6 Å². The van der Waals surface area contributed by atoms with Crippen LogP contribution >= 0.6 is 34.9 Å². The molecule has 0 spiro atoms. The van der Waals surface area contributed by atoms with Crippen molar-refractivity contribution in [1.29, 1.82) is 0 Å². The van der Waals surface area contributed by atoms with E-state index in [-0.39, 0.29) is 17.2 Å². The standard InChI is InChI=1S/C18H14N2O3S3/c1-10(2)20-16(21)14(25-18(20)22)9-11-7-8-15(23-11)26-17-19-12-5-3-4-6-13(12)24-17/h3-10H,1-2H3/b14-9-. The smallest absolute Gasteiger partial charge is 0.293 e. The molecule has 0 bridgehead atoms. The highest BCUT2D eigenvalue weighted by molar-refractivity contribution is 8.18. The Balaban J connectivity index is 1.53. The molecule has 26 heavy (non-hydrogen) atoms. The van der Waals surface area contributed by atoms with Crippen LogP contribution in [-0.2, 0) is 4.79 Å². The minimum absolute atomic E-state index is 0.157. The number of hydrogen-bond donors (Lipinski definition) is 0. The van der Waals surface area contributed by atoms with Gasteiger partial charge in [0.2, 0.25) is 0 Å². The molecule has 5 nitrogen and oxygen atoms in total. The molecule has 4 rings (SSSR count). The van der Waals surface area contributed by atoms with Gasteiger partial charge in [-0.15, -0.1) is 11.3 Å². The monoisotopic (exact) mass is 402 g/mol. The maximum atomic E-state index is 12.3. The maximum absolute atomic E-state index is 12.3. The topological polar surface area (TPSA) is 63.4 Å². The first-order valence-corrected chi connectivity index (χ1v) is 10.4.